The molecule has 0 radical (unpaired) electrons. The Bertz CT molecular complexity index is 355. The van der Waals surface area contributed by atoms with Crippen molar-refractivity contribution in [3.8, 4) is 0 Å². The van der Waals surface area contributed by atoms with Crippen molar-refractivity contribution in [1.82, 2.24) is 9.80 Å². The molecule has 0 aromatic heterocycles. The molecule has 0 unspecified atom stereocenters. The second kappa shape index (κ2) is 4.73. The van der Waals surface area contributed by atoms with Gasteiger partial charge in [0, 0.05) is 27.1 Å². The minimum absolute atomic E-state index is 0.00499. The normalized spacial score (nSPS) is 23.6. The lowest BCUT2D eigenvalue weighted by Gasteiger charge is -2.22. The Kier molecular flexibility index (Phi) is 3.75. The van der Waals surface area contributed by atoms with Crippen LogP contribution in [0.15, 0.2) is 0 Å². The third-order valence-corrected chi connectivity index (χ3v) is 3.25. The highest BCUT2D eigenvalue weighted by atomic mass is 16.4. The highest BCUT2D eigenvalue weighted by Crippen LogP contribution is 2.30. The van der Waals surface area contributed by atoms with Gasteiger partial charge < -0.3 is 14.9 Å². The summed E-state index contributed by atoms with van der Waals surface area (Å²) in [6.07, 6.45) is 0.456. The molecule has 1 saturated heterocycles. The Hall–Kier alpha value is -1.59. The number of carbonyl (C=O) groups is 3. The first-order valence-corrected chi connectivity index (χ1v) is 5.49. The summed E-state index contributed by atoms with van der Waals surface area (Å²) in [5.41, 5.74) is -0.857. The summed E-state index contributed by atoms with van der Waals surface area (Å²) in [7, 11) is 1.55. The monoisotopic (exact) mass is 242 g/mol. The minimum Gasteiger partial charge on any atom is -0.481 e. The number of nitrogens with zero attached hydrogens (tertiary/aromatic N) is 2. The fourth-order valence-corrected chi connectivity index (χ4v) is 1.76. The van der Waals surface area contributed by atoms with Crippen molar-refractivity contribution in [3.63, 3.8) is 0 Å². The lowest BCUT2D eigenvalue weighted by molar-refractivity contribution is -0.147. The van der Waals surface area contributed by atoms with Crippen molar-refractivity contribution in [2.45, 2.75) is 20.3 Å². The fraction of sp³-hybridized carbons (Fsp3) is 0.727. The van der Waals surface area contributed by atoms with Gasteiger partial charge in [-0.05, 0) is 13.3 Å². The van der Waals surface area contributed by atoms with Gasteiger partial charge in [-0.1, -0.05) is 0 Å². The molecule has 6 nitrogen and oxygen atoms in total. The molecule has 1 aliphatic rings. The number of likely N-dealkylation sites (N-methyl/N-ethyl adjacent to an activating group) is 1. The third-order valence-electron chi connectivity index (χ3n) is 3.25. The Labute approximate surface area is 100 Å². The topological polar surface area (TPSA) is 77.9 Å². The molecule has 0 aliphatic carbocycles. The van der Waals surface area contributed by atoms with Gasteiger partial charge in [0.05, 0.1) is 12.0 Å². The first kappa shape index (κ1) is 13.5. The maximum atomic E-state index is 11.8. The van der Waals surface area contributed by atoms with Gasteiger partial charge in [-0.25, -0.2) is 0 Å². The largest absolute Gasteiger partial charge is 0.481 e. The standard InChI is InChI=1S/C11H18N2O4/c1-8(14)12(3)6-9(15)13-5-4-11(2,7-13)10(16)17/h4-7H2,1-3H3,(H,16,17)/t11-/m0/s1. The van der Waals surface area contributed by atoms with Gasteiger partial charge in [-0.2, -0.15) is 0 Å². The number of likely N-dealkylation sites (tertiary alicyclic amines) is 1. The van der Waals surface area contributed by atoms with Crippen LogP contribution < -0.4 is 0 Å². The molecule has 96 valence electrons. The third kappa shape index (κ3) is 2.95. The van der Waals surface area contributed by atoms with E-state index in [1.807, 2.05) is 0 Å². The van der Waals surface area contributed by atoms with Crippen molar-refractivity contribution in [1.29, 1.82) is 0 Å². The summed E-state index contributed by atoms with van der Waals surface area (Å²) in [6.45, 7) is 3.68. The van der Waals surface area contributed by atoms with Crippen LogP contribution in [-0.4, -0.2) is 59.4 Å². The van der Waals surface area contributed by atoms with Gasteiger partial charge in [0.1, 0.15) is 0 Å². The number of amides is 2. The first-order valence-electron chi connectivity index (χ1n) is 5.49. The number of carboxylic acid groups (broad SMARTS) is 1. The molecule has 0 bridgehead atoms. The zero-order valence-corrected chi connectivity index (χ0v) is 10.4. The van der Waals surface area contributed by atoms with Gasteiger partial charge in [0.15, 0.2) is 0 Å². The number of carbonyl (C=O) groups excluding carboxylic acids is 2. The number of hydrogen-bond donors (Lipinski definition) is 1. The highest BCUT2D eigenvalue weighted by Gasteiger charge is 2.42. The Morgan fingerprint density at radius 2 is 2.00 bits per heavy atom. The molecule has 0 spiro atoms. The van der Waals surface area contributed by atoms with E-state index >= 15 is 0 Å². The first-order chi connectivity index (χ1) is 7.76. The predicted molar refractivity (Wildman–Crippen MR) is 60.3 cm³/mol. The molecule has 0 aromatic rings. The molecule has 17 heavy (non-hydrogen) atoms. The summed E-state index contributed by atoms with van der Waals surface area (Å²) in [4.78, 5) is 36.6. The minimum atomic E-state index is -0.882. The number of aliphatic carboxylic acids is 1. The van der Waals surface area contributed by atoms with Crippen LogP contribution in [0.1, 0.15) is 20.3 Å². The van der Waals surface area contributed by atoms with Crippen LogP contribution in [0, 0.1) is 5.41 Å². The summed E-state index contributed by atoms with van der Waals surface area (Å²) in [5.74, 6) is -1.26. The van der Waals surface area contributed by atoms with Crippen LogP contribution in [0.4, 0.5) is 0 Å². The molecular weight excluding hydrogens is 224 g/mol. The molecule has 6 heteroatoms. The average molecular weight is 242 g/mol. The van der Waals surface area contributed by atoms with Crippen molar-refractivity contribution >= 4 is 17.8 Å². The van der Waals surface area contributed by atoms with Crippen molar-refractivity contribution < 1.29 is 19.5 Å². The van der Waals surface area contributed by atoms with Crippen molar-refractivity contribution in [2.75, 3.05) is 26.7 Å². The Balaban J connectivity index is 2.57. The van der Waals surface area contributed by atoms with Crippen molar-refractivity contribution in [3.05, 3.63) is 0 Å². The van der Waals surface area contributed by atoms with Crippen LogP contribution in [0.3, 0.4) is 0 Å². The van der Waals surface area contributed by atoms with Crippen LogP contribution in [0.25, 0.3) is 0 Å². The molecule has 1 fully saturated rings. The van der Waals surface area contributed by atoms with E-state index in [0.29, 0.717) is 13.0 Å². The number of carboxylic acids is 1. The summed E-state index contributed by atoms with van der Waals surface area (Å²) in [5, 5.41) is 9.04. The van der Waals surface area contributed by atoms with Gasteiger partial charge in [0.2, 0.25) is 11.8 Å². The molecule has 0 aromatic carbocycles. The van der Waals surface area contributed by atoms with Crippen LogP contribution in [-0.2, 0) is 14.4 Å². The van der Waals surface area contributed by atoms with Crippen molar-refractivity contribution in [2.24, 2.45) is 5.41 Å². The molecule has 1 atom stereocenters. The zero-order valence-electron chi connectivity index (χ0n) is 10.4. The molecule has 1 aliphatic heterocycles. The molecule has 1 N–H and O–H groups in total. The molecule has 1 rings (SSSR count). The summed E-state index contributed by atoms with van der Waals surface area (Å²) in [6, 6.07) is 0. The van der Waals surface area contributed by atoms with Crippen LogP contribution >= 0.6 is 0 Å². The van der Waals surface area contributed by atoms with E-state index in [1.54, 1.807) is 14.0 Å². The van der Waals surface area contributed by atoms with E-state index in [0.717, 1.165) is 0 Å². The molecular formula is C11H18N2O4. The van der Waals surface area contributed by atoms with E-state index in [9.17, 15) is 14.4 Å². The SMILES string of the molecule is CC(=O)N(C)CC(=O)N1CC[C@](C)(C(=O)O)C1. The summed E-state index contributed by atoms with van der Waals surface area (Å²) < 4.78 is 0. The molecule has 0 saturated carbocycles. The Morgan fingerprint density at radius 3 is 2.41 bits per heavy atom. The smallest absolute Gasteiger partial charge is 0.311 e. The van der Waals surface area contributed by atoms with Gasteiger partial charge in [0.25, 0.3) is 0 Å². The zero-order chi connectivity index (χ0) is 13.2. The fourth-order valence-electron chi connectivity index (χ4n) is 1.76. The van der Waals surface area contributed by atoms with Crippen LogP contribution in [0.2, 0.25) is 0 Å². The Morgan fingerprint density at radius 1 is 1.41 bits per heavy atom. The van der Waals surface area contributed by atoms with E-state index in [-0.39, 0.29) is 24.9 Å². The van der Waals surface area contributed by atoms with E-state index < -0.39 is 11.4 Å². The van der Waals surface area contributed by atoms with E-state index in [2.05, 4.69) is 0 Å². The maximum absolute atomic E-state index is 11.8. The quantitative estimate of drug-likeness (QED) is 0.742. The maximum Gasteiger partial charge on any atom is 0.311 e. The van der Waals surface area contributed by atoms with Gasteiger partial charge in [-0.15, -0.1) is 0 Å². The van der Waals surface area contributed by atoms with E-state index in [1.165, 1.54) is 16.7 Å². The van der Waals surface area contributed by atoms with Gasteiger partial charge in [-0.3, -0.25) is 14.4 Å². The second-order valence-electron chi connectivity index (χ2n) is 4.81. The average Bonchev–Trinajstić information content (AvgIpc) is 2.62. The number of hydrogen-bond acceptors (Lipinski definition) is 3. The molecule has 2 amide bonds. The second-order valence-corrected chi connectivity index (χ2v) is 4.81. The lowest BCUT2D eigenvalue weighted by Crippen LogP contribution is -2.41. The lowest BCUT2D eigenvalue weighted by atomic mass is 9.90. The predicted octanol–water partition coefficient (Wildman–Crippen LogP) is -0.212. The summed E-state index contributed by atoms with van der Waals surface area (Å²) >= 11 is 0. The van der Waals surface area contributed by atoms with E-state index in [4.69, 9.17) is 5.11 Å². The highest BCUT2D eigenvalue weighted by molar-refractivity contribution is 5.85. The van der Waals surface area contributed by atoms with Gasteiger partial charge >= 0.3 is 5.97 Å². The molecule has 1 heterocycles. The van der Waals surface area contributed by atoms with Crippen LogP contribution in [0.5, 0.6) is 0 Å². The number of rotatable bonds is 3.